The molecule has 0 unspecified atom stereocenters. The Balaban J connectivity index is 2.32. The minimum atomic E-state index is -5.66. The third-order valence-electron chi connectivity index (χ3n) is 3.56. The second kappa shape index (κ2) is 5.26. The molecule has 0 aromatic heterocycles. The van der Waals surface area contributed by atoms with E-state index in [1.54, 1.807) is 37.8 Å². The average Bonchev–Trinajstić information content (AvgIpc) is 2.90. The SMILES string of the molecule is C[Si](C)(C)/N=C1\N2C(=NC1(C(F)(F)F)C(F)(F)F)Sc1ccccc12. The maximum atomic E-state index is 13.7. The van der Waals surface area contributed by atoms with E-state index in [2.05, 4.69) is 9.65 Å². The van der Waals surface area contributed by atoms with Crippen molar-refractivity contribution in [1.82, 2.24) is 0 Å². The minimum absolute atomic E-state index is 0.235. The van der Waals surface area contributed by atoms with Crippen molar-refractivity contribution in [3.63, 3.8) is 0 Å². The van der Waals surface area contributed by atoms with Gasteiger partial charge in [0.25, 0.3) is 0 Å². The average molecular weight is 397 g/mol. The predicted octanol–water partition coefficient (Wildman–Crippen LogP) is 5.07. The van der Waals surface area contributed by atoms with Crippen molar-refractivity contribution in [1.29, 1.82) is 0 Å². The van der Waals surface area contributed by atoms with Crippen LogP contribution in [0.2, 0.25) is 19.6 Å². The molecule has 0 N–H and O–H groups in total. The normalized spacial score (nSPS) is 21.4. The van der Waals surface area contributed by atoms with E-state index in [-0.39, 0.29) is 10.9 Å². The molecule has 0 spiro atoms. The Kier molecular flexibility index (Phi) is 3.85. The van der Waals surface area contributed by atoms with Crippen LogP contribution in [-0.2, 0) is 0 Å². The number of amidine groups is 2. The highest BCUT2D eigenvalue weighted by atomic mass is 32.2. The first kappa shape index (κ1) is 18.3. The highest BCUT2D eigenvalue weighted by Gasteiger charge is 2.78. The van der Waals surface area contributed by atoms with Crippen molar-refractivity contribution >= 4 is 36.7 Å². The molecule has 136 valence electrons. The molecule has 0 radical (unpaired) electrons. The number of alkyl halides is 6. The summed E-state index contributed by atoms with van der Waals surface area (Å²) in [6, 6.07) is 6.30. The van der Waals surface area contributed by atoms with Gasteiger partial charge in [0.05, 0.1) is 5.69 Å². The Morgan fingerprint density at radius 1 is 1.04 bits per heavy atom. The van der Waals surface area contributed by atoms with Crippen LogP contribution < -0.4 is 4.90 Å². The zero-order valence-corrected chi connectivity index (χ0v) is 15.1. The number of benzene rings is 1. The Hall–Kier alpha value is -1.49. The summed E-state index contributed by atoms with van der Waals surface area (Å²) >= 11 is 0.782. The second-order valence-electron chi connectivity index (χ2n) is 6.61. The third kappa shape index (κ3) is 2.67. The van der Waals surface area contributed by atoms with Crippen LogP contribution in [0.4, 0.5) is 32.0 Å². The molecule has 3 rings (SSSR count). The summed E-state index contributed by atoms with van der Waals surface area (Å²) in [6.45, 7) is 4.72. The zero-order chi connectivity index (χ0) is 18.8. The quantitative estimate of drug-likeness (QED) is 0.489. The lowest BCUT2D eigenvalue weighted by molar-refractivity contribution is -0.269. The topological polar surface area (TPSA) is 28.0 Å². The number of para-hydroxylation sites is 1. The lowest BCUT2D eigenvalue weighted by Crippen LogP contribution is -2.62. The van der Waals surface area contributed by atoms with Crippen molar-refractivity contribution in [2.75, 3.05) is 4.90 Å². The van der Waals surface area contributed by atoms with Gasteiger partial charge in [-0.3, -0.25) is 4.90 Å². The first-order chi connectivity index (χ1) is 11.3. The first-order valence-corrected chi connectivity index (χ1v) is 11.4. The van der Waals surface area contributed by atoms with Gasteiger partial charge in [-0.15, -0.1) is 0 Å². The number of rotatable bonds is 1. The molecule has 0 aliphatic carbocycles. The van der Waals surface area contributed by atoms with Crippen LogP contribution in [0.25, 0.3) is 0 Å². The number of nitrogens with zero attached hydrogens (tertiary/aromatic N) is 3. The number of hydrogen-bond acceptors (Lipinski definition) is 3. The van der Waals surface area contributed by atoms with Gasteiger partial charge in [0, 0.05) is 4.90 Å². The molecule has 3 nitrogen and oxygen atoms in total. The third-order valence-corrected chi connectivity index (χ3v) is 5.46. The summed E-state index contributed by atoms with van der Waals surface area (Å²) in [5.74, 6) is -1.10. The van der Waals surface area contributed by atoms with Gasteiger partial charge < -0.3 is 4.66 Å². The summed E-state index contributed by atoms with van der Waals surface area (Å²) in [5, 5.41) is -0.354. The van der Waals surface area contributed by atoms with E-state index in [0.29, 0.717) is 4.90 Å². The monoisotopic (exact) mass is 397 g/mol. The van der Waals surface area contributed by atoms with Crippen LogP contribution in [0.5, 0.6) is 0 Å². The van der Waals surface area contributed by atoms with Crippen LogP contribution in [-0.4, -0.2) is 37.1 Å². The molecule has 2 aliphatic rings. The van der Waals surface area contributed by atoms with E-state index >= 15 is 0 Å². The lowest BCUT2D eigenvalue weighted by atomic mass is 9.97. The van der Waals surface area contributed by atoms with E-state index in [1.165, 1.54) is 6.07 Å². The highest BCUT2D eigenvalue weighted by molar-refractivity contribution is 8.15. The summed E-state index contributed by atoms with van der Waals surface area (Å²) in [7, 11) is -2.69. The van der Waals surface area contributed by atoms with E-state index < -0.39 is 32.0 Å². The maximum absolute atomic E-state index is 13.7. The Bertz CT molecular complexity index is 764. The molecule has 11 heteroatoms. The van der Waals surface area contributed by atoms with Gasteiger partial charge in [-0.1, -0.05) is 12.1 Å². The van der Waals surface area contributed by atoms with Crippen molar-refractivity contribution < 1.29 is 26.3 Å². The highest BCUT2D eigenvalue weighted by Crippen LogP contribution is 2.55. The van der Waals surface area contributed by atoms with E-state index in [4.69, 9.17) is 0 Å². The Morgan fingerprint density at radius 2 is 1.60 bits per heavy atom. The van der Waals surface area contributed by atoms with Crippen molar-refractivity contribution in [3.8, 4) is 0 Å². The van der Waals surface area contributed by atoms with Crippen LogP contribution >= 0.6 is 11.8 Å². The Morgan fingerprint density at radius 3 is 2.12 bits per heavy atom. The second-order valence-corrected chi connectivity index (χ2v) is 12.2. The van der Waals surface area contributed by atoms with Gasteiger partial charge in [0.15, 0.2) is 13.4 Å². The molecular weight excluding hydrogens is 384 g/mol. The predicted molar refractivity (Wildman–Crippen MR) is 87.8 cm³/mol. The molecule has 2 heterocycles. The molecule has 2 aliphatic heterocycles. The van der Waals surface area contributed by atoms with Crippen molar-refractivity contribution in [3.05, 3.63) is 24.3 Å². The van der Waals surface area contributed by atoms with Gasteiger partial charge >= 0.3 is 17.9 Å². The molecule has 0 fully saturated rings. The first-order valence-electron chi connectivity index (χ1n) is 7.18. The molecule has 0 atom stereocenters. The number of fused-ring (bicyclic) bond motifs is 3. The van der Waals surface area contributed by atoms with E-state index in [0.717, 1.165) is 16.7 Å². The fourth-order valence-corrected chi connectivity index (χ4v) is 4.56. The summed E-state index contributed by atoms with van der Waals surface area (Å²) in [5.41, 5.74) is -4.10. The van der Waals surface area contributed by atoms with Crippen LogP contribution in [0.15, 0.2) is 38.8 Å². The van der Waals surface area contributed by atoms with Gasteiger partial charge in [0.1, 0.15) is 5.84 Å². The number of hydrogen-bond donors (Lipinski definition) is 0. The van der Waals surface area contributed by atoms with Crippen LogP contribution in [0, 0.1) is 0 Å². The fraction of sp³-hybridized carbons (Fsp3) is 0.429. The standard InChI is InChI=1S/C14H13F6N3SSi/c1-25(2,3)22-10-12(13(15,16)17,14(18,19)20)21-11-23(10)8-6-4-5-7-9(8)24-11/h4-7H,1-3H3/b22-10-. The molecule has 0 saturated carbocycles. The van der Waals surface area contributed by atoms with E-state index in [1.807, 2.05) is 0 Å². The number of halogens is 6. The fourth-order valence-electron chi connectivity index (χ4n) is 2.60. The molecule has 0 amide bonds. The van der Waals surface area contributed by atoms with Crippen molar-refractivity contribution in [2.24, 2.45) is 9.65 Å². The minimum Gasteiger partial charge on any atom is -0.308 e. The number of thioether (sulfide) groups is 1. The maximum Gasteiger partial charge on any atom is 0.430 e. The molecule has 25 heavy (non-hydrogen) atoms. The van der Waals surface area contributed by atoms with Gasteiger partial charge in [0.2, 0.25) is 0 Å². The lowest BCUT2D eigenvalue weighted by Gasteiger charge is -2.34. The van der Waals surface area contributed by atoms with Gasteiger partial charge in [-0.05, 0) is 43.5 Å². The largest absolute Gasteiger partial charge is 0.430 e. The molecule has 0 bridgehead atoms. The number of anilines is 1. The van der Waals surface area contributed by atoms with Gasteiger partial charge in [-0.2, -0.15) is 26.3 Å². The van der Waals surface area contributed by atoms with Gasteiger partial charge in [-0.25, -0.2) is 4.99 Å². The smallest absolute Gasteiger partial charge is 0.308 e. The molecule has 1 aromatic carbocycles. The zero-order valence-electron chi connectivity index (χ0n) is 13.3. The summed E-state index contributed by atoms with van der Waals surface area (Å²) in [4.78, 5) is 4.60. The number of aliphatic imine (C=N–C) groups is 1. The van der Waals surface area contributed by atoms with E-state index in [9.17, 15) is 26.3 Å². The Labute approximate surface area is 144 Å². The van der Waals surface area contributed by atoms with Crippen LogP contribution in [0.1, 0.15) is 0 Å². The van der Waals surface area contributed by atoms with Crippen molar-refractivity contribution in [2.45, 2.75) is 42.4 Å². The van der Waals surface area contributed by atoms with Crippen LogP contribution in [0.3, 0.4) is 0 Å². The molecule has 1 aromatic rings. The molecular formula is C14H13F6N3SSi. The summed E-state index contributed by atoms with van der Waals surface area (Å²) < 4.78 is 86.1. The molecule has 0 saturated heterocycles. The summed E-state index contributed by atoms with van der Waals surface area (Å²) in [6.07, 6.45) is -11.3.